The first kappa shape index (κ1) is 16.7. The Morgan fingerprint density at radius 3 is 2.48 bits per heavy atom. The molecule has 0 radical (unpaired) electrons. The number of ether oxygens (including phenoxy) is 1. The lowest BCUT2D eigenvalue weighted by Crippen LogP contribution is -2.50. The number of amides is 1. The molecule has 128 valence electrons. The van der Waals surface area contributed by atoms with Crippen LogP contribution < -0.4 is 9.64 Å². The fourth-order valence-electron chi connectivity index (χ4n) is 2.84. The highest BCUT2D eigenvalue weighted by Crippen LogP contribution is 2.27. The smallest absolute Gasteiger partial charge is 0.260 e. The summed E-state index contributed by atoms with van der Waals surface area (Å²) in [7, 11) is 0. The van der Waals surface area contributed by atoms with E-state index in [1.54, 1.807) is 41.3 Å². The minimum atomic E-state index is -0.107. The van der Waals surface area contributed by atoms with E-state index in [9.17, 15) is 9.90 Å². The van der Waals surface area contributed by atoms with Crippen LogP contribution in [0.3, 0.4) is 0 Å². The molecule has 0 bridgehead atoms. The zero-order valence-electron chi connectivity index (χ0n) is 13.8. The van der Waals surface area contributed by atoms with E-state index in [0.717, 1.165) is 5.69 Å². The third kappa shape index (κ3) is 3.83. The van der Waals surface area contributed by atoms with Gasteiger partial charge < -0.3 is 19.6 Å². The summed E-state index contributed by atoms with van der Waals surface area (Å²) < 4.78 is 5.51. The highest BCUT2D eigenvalue weighted by molar-refractivity contribution is 5.78. The lowest BCUT2D eigenvalue weighted by molar-refractivity contribution is -0.133. The normalized spacial score (nSPS) is 14.0. The van der Waals surface area contributed by atoms with Gasteiger partial charge in [0.1, 0.15) is 17.6 Å². The third-order valence-electron chi connectivity index (χ3n) is 4.21. The molecule has 0 aromatic heterocycles. The predicted molar refractivity (Wildman–Crippen MR) is 93.6 cm³/mol. The lowest BCUT2D eigenvalue weighted by atomic mass is 10.2. The number of piperazine rings is 1. The number of para-hydroxylation sites is 3. The van der Waals surface area contributed by atoms with E-state index in [0.29, 0.717) is 37.5 Å². The number of phenols is 1. The molecule has 2 aromatic rings. The van der Waals surface area contributed by atoms with Crippen LogP contribution in [-0.2, 0) is 4.79 Å². The maximum atomic E-state index is 12.3. The minimum Gasteiger partial charge on any atom is -0.506 e. The summed E-state index contributed by atoms with van der Waals surface area (Å²) >= 11 is 0. The van der Waals surface area contributed by atoms with Crippen LogP contribution in [0.5, 0.6) is 11.5 Å². The van der Waals surface area contributed by atoms with Crippen molar-refractivity contribution in [3.63, 3.8) is 0 Å². The first-order valence-corrected chi connectivity index (χ1v) is 8.11. The second kappa shape index (κ2) is 7.58. The molecule has 1 aliphatic heterocycles. The Kier molecular flexibility index (Phi) is 5.05. The van der Waals surface area contributed by atoms with E-state index in [1.165, 1.54) is 0 Å². The summed E-state index contributed by atoms with van der Waals surface area (Å²) in [5.41, 5.74) is 1.20. The summed E-state index contributed by atoms with van der Waals surface area (Å²) in [5, 5.41) is 19.0. The molecular weight excluding hydrogens is 318 g/mol. The fraction of sp³-hybridized carbons (Fsp3) is 0.263. The molecule has 6 heteroatoms. The van der Waals surface area contributed by atoms with E-state index in [2.05, 4.69) is 4.90 Å². The number of hydrogen-bond acceptors (Lipinski definition) is 5. The minimum absolute atomic E-state index is 0.0880. The summed E-state index contributed by atoms with van der Waals surface area (Å²) in [6.45, 7) is 2.35. The number of aromatic hydroxyl groups is 1. The van der Waals surface area contributed by atoms with E-state index in [-0.39, 0.29) is 18.3 Å². The second-order valence-electron chi connectivity index (χ2n) is 5.75. The molecule has 0 aliphatic carbocycles. The van der Waals surface area contributed by atoms with Gasteiger partial charge in [-0.3, -0.25) is 4.79 Å². The molecule has 0 atom stereocenters. The molecule has 1 amide bonds. The fourth-order valence-corrected chi connectivity index (χ4v) is 2.84. The molecule has 0 saturated carbocycles. The number of nitriles is 1. The SMILES string of the molecule is N#Cc1ccccc1OCC(=O)N1CCN(c2ccccc2O)CC1. The number of nitrogens with zero attached hydrogens (tertiary/aromatic N) is 3. The predicted octanol–water partition coefficient (Wildman–Crippen LogP) is 1.99. The van der Waals surface area contributed by atoms with Gasteiger partial charge in [0.25, 0.3) is 5.91 Å². The largest absolute Gasteiger partial charge is 0.506 e. The lowest BCUT2D eigenvalue weighted by Gasteiger charge is -2.36. The summed E-state index contributed by atoms with van der Waals surface area (Å²) in [6, 6.07) is 16.1. The molecule has 1 N–H and O–H groups in total. The van der Waals surface area contributed by atoms with Gasteiger partial charge in [-0.2, -0.15) is 5.26 Å². The van der Waals surface area contributed by atoms with E-state index in [4.69, 9.17) is 10.00 Å². The van der Waals surface area contributed by atoms with Gasteiger partial charge >= 0.3 is 0 Å². The molecule has 1 aliphatic rings. The zero-order valence-corrected chi connectivity index (χ0v) is 13.8. The highest BCUT2D eigenvalue weighted by atomic mass is 16.5. The van der Waals surface area contributed by atoms with Gasteiger partial charge in [-0.25, -0.2) is 0 Å². The molecule has 1 heterocycles. The molecule has 25 heavy (non-hydrogen) atoms. The van der Waals surface area contributed by atoms with Gasteiger partial charge in [0, 0.05) is 26.2 Å². The topological polar surface area (TPSA) is 76.8 Å². The van der Waals surface area contributed by atoms with Gasteiger partial charge in [-0.1, -0.05) is 24.3 Å². The Bertz CT molecular complexity index is 792. The van der Waals surface area contributed by atoms with Crippen molar-refractivity contribution in [1.29, 1.82) is 5.26 Å². The molecule has 1 fully saturated rings. The van der Waals surface area contributed by atoms with Crippen molar-refractivity contribution < 1.29 is 14.6 Å². The van der Waals surface area contributed by atoms with Gasteiger partial charge in [0.05, 0.1) is 11.3 Å². The van der Waals surface area contributed by atoms with E-state index in [1.807, 2.05) is 18.2 Å². The van der Waals surface area contributed by atoms with E-state index < -0.39 is 0 Å². The zero-order chi connectivity index (χ0) is 17.6. The van der Waals surface area contributed by atoms with Crippen LogP contribution >= 0.6 is 0 Å². The van der Waals surface area contributed by atoms with Gasteiger partial charge in [-0.15, -0.1) is 0 Å². The molecular formula is C19H19N3O3. The first-order valence-electron chi connectivity index (χ1n) is 8.11. The Morgan fingerprint density at radius 1 is 1.08 bits per heavy atom. The van der Waals surface area contributed by atoms with Crippen molar-refractivity contribution in [3.05, 3.63) is 54.1 Å². The van der Waals surface area contributed by atoms with Crippen LogP contribution in [0.15, 0.2) is 48.5 Å². The number of benzene rings is 2. The second-order valence-corrected chi connectivity index (χ2v) is 5.75. The number of phenolic OH excluding ortho intramolecular Hbond substituents is 1. The molecule has 0 spiro atoms. The summed E-state index contributed by atoms with van der Waals surface area (Å²) in [6.07, 6.45) is 0. The number of carbonyl (C=O) groups is 1. The monoisotopic (exact) mass is 337 g/mol. The van der Waals surface area contributed by atoms with Crippen molar-refractivity contribution in [2.75, 3.05) is 37.7 Å². The Hall–Kier alpha value is -3.20. The number of hydrogen-bond donors (Lipinski definition) is 1. The summed E-state index contributed by atoms with van der Waals surface area (Å²) in [5.74, 6) is 0.564. The average molecular weight is 337 g/mol. The standard InChI is InChI=1S/C19H19N3O3/c20-13-15-5-1-4-8-18(15)25-14-19(24)22-11-9-21(10-12-22)16-6-2-3-7-17(16)23/h1-8,23H,9-12,14H2. The van der Waals surface area contributed by atoms with Crippen LogP contribution in [0, 0.1) is 11.3 Å². The van der Waals surface area contributed by atoms with Crippen molar-refractivity contribution in [1.82, 2.24) is 4.90 Å². The quantitative estimate of drug-likeness (QED) is 0.923. The van der Waals surface area contributed by atoms with Gasteiger partial charge in [0.15, 0.2) is 6.61 Å². The number of rotatable bonds is 4. The van der Waals surface area contributed by atoms with Crippen LogP contribution in [0.4, 0.5) is 5.69 Å². The van der Waals surface area contributed by atoms with Crippen molar-refractivity contribution in [3.8, 4) is 17.6 Å². The molecule has 1 saturated heterocycles. The van der Waals surface area contributed by atoms with Crippen molar-refractivity contribution in [2.24, 2.45) is 0 Å². The molecule has 6 nitrogen and oxygen atoms in total. The Morgan fingerprint density at radius 2 is 1.76 bits per heavy atom. The average Bonchev–Trinajstić information content (AvgIpc) is 2.67. The van der Waals surface area contributed by atoms with E-state index >= 15 is 0 Å². The van der Waals surface area contributed by atoms with Crippen LogP contribution in [-0.4, -0.2) is 48.7 Å². The van der Waals surface area contributed by atoms with Crippen molar-refractivity contribution in [2.45, 2.75) is 0 Å². The van der Waals surface area contributed by atoms with Crippen molar-refractivity contribution >= 4 is 11.6 Å². The first-order chi connectivity index (χ1) is 12.2. The van der Waals surface area contributed by atoms with Gasteiger partial charge in [-0.05, 0) is 24.3 Å². The molecule has 2 aromatic carbocycles. The molecule has 0 unspecified atom stereocenters. The van der Waals surface area contributed by atoms with Gasteiger partial charge in [0.2, 0.25) is 0 Å². The molecule has 3 rings (SSSR count). The summed E-state index contributed by atoms with van der Waals surface area (Å²) in [4.78, 5) is 16.1. The maximum Gasteiger partial charge on any atom is 0.260 e. The van der Waals surface area contributed by atoms with Crippen LogP contribution in [0.1, 0.15) is 5.56 Å². The Labute approximate surface area is 146 Å². The van der Waals surface area contributed by atoms with Crippen LogP contribution in [0.2, 0.25) is 0 Å². The maximum absolute atomic E-state index is 12.3. The Balaban J connectivity index is 1.54. The highest BCUT2D eigenvalue weighted by Gasteiger charge is 2.23. The van der Waals surface area contributed by atoms with Crippen LogP contribution in [0.25, 0.3) is 0 Å². The number of anilines is 1. The number of carbonyl (C=O) groups excluding carboxylic acids is 1. The third-order valence-corrected chi connectivity index (χ3v) is 4.21.